The highest BCUT2D eigenvalue weighted by molar-refractivity contribution is 5.97. The van der Waals surface area contributed by atoms with E-state index in [1.807, 2.05) is 12.1 Å². The molecular formula is C21H21NO2. The first-order valence-electron chi connectivity index (χ1n) is 8.53. The lowest BCUT2D eigenvalue weighted by Gasteiger charge is -2.22. The molecule has 0 amide bonds. The second-order valence-corrected chi connectivity index (χ2v) is 6.28. The number of ether oxygens (including phenoxy) is 1. The fourth-order valence-corrected chi connectivity index (χ4v) is 3.29. The third kappa shape index (κ3) is 3.83. The molecule has 1 fully saturated rings. The molecule has 1 saturated carbocycles. The van der Waals surface area contributed by atoms with Gasteiger partial charge in [-0.15, -0.1) is 0 Å². The van der Waals surface area contributed by atoms with Crippen LogP contribution in [0.3, 0.4) is 0 Å². The Labute approximate surface area is 142 Å². The van der Waals surface area contributed by atoms with E-state index in [9.17, 15) is 4.79 Å². The Hall–Kier alpha value is -2.60. The SMILES string of the molecule is N#Cc1ccccc1OCC(=O)c1ccc(C2CCCCC2)cc1. The highest BCUT2D eigenvalue weighted by Crippen LogP contribution is 2.32. The van der Waals surface area contributed by atoms with Crippen LogP contribution in [0.5, 0.6) is 5.75 Å². The van der Waals surface area contributed by atoms with Gasteiger partial charge >= 0.3 is 0 Å². The fraction of sp³-hybridized carbons (Fsp3) is 0.333. The first-order valence-corrected chi connectivity index (χ1v) is 8.53. The zero-order valence-electron chi connectivity index (χ0n) is 13.7. The summed E-state index contributed by atoms with van der Waals surface area (Å²) in [7, 11) is 0. The summed E-state index contributed by atoms with van der Waals surface area (Å²) >= 11 is 0. The van der Waals surface area contributed by atoms with E-state index in [1.165, 1.54) is 37.7 Å². The van der Waals surface area contributed by atoms with Crippen LogP contribution in [0.15, 0.2) is 48.5 Å². The Morgan fingerprint density at radius 1 is 1.04 bits per heavy atom. The summed E-state index contributed by atoms with van der Waals surface area (Å²) in [5.74, 6) is 1.02. The highest BCUT2D eigenvalue weighted by Gasteiger charge is 2.16. The second kappa shape index (κ2) is 7.79. The number of hydrogen-bond donors (Lipinski definition) is 0. The van der Waals surface area contributed by atoms with Crippen molar-refractivity contribution in [2.75, 3.05) is 6.61 Å². The van der Waals surface area contributed by atoms with Gasteiger partial charge in [0, 0.05) is 5.56 Å². The fourth-order valence-electron chi connectivity index (χ4n) is 3.29. The van der Waals surface area contributed by atoms with Crippen molar-refractivity contribution in [2.24, 2.45) is 0 Å². The van der Waals surface area contributed by atoms with Gasteiger partial charge in [-0.3, -0.25) is 4.79 Å². The van der Waals surface area contributed by atoms with Crippen LogP contribution in [0, 0.1) is 11.3 Å². The van der Waals surface area contributed by atoms with Crippen LogP contribution >= 0.6 is 0 Å². The van der Waals surface area contributed by atoms with E-state index in [2.05, 4.69) is 18.2 Å². The lowest BCUT2D eigenvalue weighted by Crippen LogP contribution is -2.12. The number of nitriles is 1. The molecule has 3 nitrogen and oxygen atoms in total. The number of carbonyl (C=O) groups is 1. The smallest absolute Gasteiger partial charge is 0.200 e. The molecule has 24 heavy (non-hydrogen) atoms. The lowest BCUT2D eigenvalue weighted by atomic mass is 9.84. The van der Waals surface area contributed by atoms with Crippen LogP contribution in [0.1, 0.15) is 59.5 Å². The molecule has 0 N–H and O–H groups in total. The molecule has 2 aromatic carbocycles. The molecule has 3 rings (SSSR count). The Morgan fingerprint density at radius 3 is 2.46 bits per heavy atom. The first-order chi connectivity index (χ1) is 11.8. The molecule has 0 bridgehead atoms. The van der Waals surface area contributed by atoms with E-state index < -0.39 is 0 Å². The van der Waals surface area contributed by atoms with Gasteiger partial charge in [0.25, 0.3) is 0 Å². The Balaban J connectivity index is 1.62. The van der Waals surface area contributed by atoms with Gasteiger partial charge in [-0.2, -0.15) is 5.26 Å². The van der Waals surface area contributed by atoms with Gasteiger partial charge in [-0.1, -0.05) is 55.7 Å². The van der Waals surface area contributed by atoms with Crippen LogP contribution in [0.25, 0.3) is 0 Å². The van der Waals surface area contributed by atoms with E-state index in [0.717, 1.165) is 0 Å². The molecule has 0 spiro atoms. The minimum absolute atomic E-state index is 0.0541. The van der Waals surface area contributed by atoms with Gasteiger partial charge in [0.15, 0.2) is 12.4 Å². The van der Waals surface area contributed by atoms with Gasteiger partial charge in [0.1, 0.15) is 11.8 Å². The van der Waals surface area contributed by atoms with E-state index in [4.69, 9.17) is 10.00 Å². The van der Waals surface area contributed by atoms with Crippen molar-refractivity contribution in [3.8, 4) is 11.8 Å². The number of carbonyl (C=O) groups excluding carboxylic acids is 1. The van der Waals surface area contributed by atoms with Crippen molar-refractivity contribution < 1.29 is 9.53 Å². The normalized spacial score (nSPS) is 14.8. The van der Waals surface area contributed by atoms with Crippen molar-refractivity contribution in [1.82, 2.24) is 0 Å². The van der Waals surface area contributed by atoms with Crippen molar-refractivity contribution in [3.05, 3.63) is 65.2 Å². The summed E-state index contributed by atoms with van der Waals surface area (Å²) in [5.41, 5.74) is 2.43. The maximum atomic E-state index is 12.3. The molecule has 0 heterocycles. The highest BCUT2D eigenvalue weighted by atomic mass is 16.5. The van der Waals surface area contributed by atoms with Crippen molar-refractivity contribution >= 4 is 5.78 Å². The zero-order valence-corrected chi connectivity index (χ0v) is 13.7. The van der Waals surface area contributed by atoms with Gasteiger partial charge in [0.05, 0.1) is 5.56 Å². The summed E-state index contributed by atoms with van der Waals surface area (Å²) < 4.78 is 5.52. The van der Waals surface area contributed by atoms with Gasteiger partial charge in [-0.25, -0.2) is 0 Å². The number of Topliss-reactive ketones (excluding diaryl/α,β-unsaturated/α-hetero) is 1. The average Bonchev–Trinajstić information content (AvgIpc) is 2.67. The van der Waals surface area contributed by atoms with E-state index in [-0.39, 0.29) is 12.4 Å². The summed E-state index contributed by atoms with van der Waals surface area (Å²) in [4.78, 5) is 12.3. The average molecular weight is 319 g/mol. The summed E-state index contributed by atoms with van der Waals surface area (Å²) in [5, 5.41) is 9.04. The van der Waals surface area contributed by atoms with Gasteiger partial charge in [-0.05, 0) is 36.5 Å². The van der Waals surface area contributed by atoms with Crippen LogP contribution in [0.2, 0.25) is 0 Å². The minimum Gasteiger partial charge on any atom is -0.484 e. The molecule has 3 heteroatoms. The molecule has 0 radical (unpaired) electrons. The lowest BCUT2D eigenvalue weighted by molar-refractivity contribution is 0.0921. The molecule has 1 aliphatic rings. The quantitative estimate of drug-likeness (QED) is 0.739. The zero-order chi connectivity index (χ0) is 16.8. The van der Waals surface area contributed by atoms with Gasteiger partial charge < -0.3 is 4.74 Å². The molecular weight excluding hydrogens is 298 g/mol. The number of nitrogens with zero attached hydrogens (tertiary/aromatic N) is 1. The summed E-state index contributed by atoms with van der Waals surface area (Å²) in [6.07, 6.45) is 6.45. The minimum atomic E-state index is -0.0714. The Morgan fingerprint density at radius 2 is 1.75 bits per heavy atom. The first kappa shape index (κ1) is 16.3. The maximum Gasteiger partial charge on any atom is 0.200 e. The van der Waals surface area contributed by atoms with E-state index in [0.29, 0.717) is 22.8 Å². The summed E-state index contributed by atoms with van der Waals surface area (Å²) in [6.45, 7) is -0.0541. The topological polar surface area (TPSA) is 50.1 Å². The number of benzene rings is 2. The predicted molar refractivity (Wildman–Crippen MR) is 93.3 cm³/mol. The van der Waals surface area contributed by atoms with E-state index >= 15 is 0 Å². The Bertz CT molecular complexity index is 737. The standard InChI is InChI=1S/C21H21NO2/c22-14-19-8-4-5-9-21(19)24-15-20(23)18-12-10-17(11-13-18)16-6-2-1-3-7-16/h4-5,8-13,16H,1-3,6-7,15H2. The number of hydrogen-bond acceptors (Lipinski definition) is 3. The van der Waals surface area contributed by atoms with Crippen molar-refractivity contribution in [1.29, 1.82) is 5.26 Å². The maximum absolute atomic E-state index is 12.3. The molecule has 0 atom stereocenters. The van der Waals surface area contributed by atoms with Crippen LogP contribution in [-0.4, -0.2) is 12.4 Å². The number of rotatable bonds is 5. The molecule has 0 aromatic heterocycles. The number of para-hydroxylation sites is 1. The molecule has 1 aliphatic carbocycles. The summed E-state index contributed by atoms with van der Waals surface area (Å²) in [6, 6.07) is 17.0. The Kier molecular flexibility index (Phi) is 5.28. The molecule has 0 saturated heterocycles. The van der Waals surface area contributed by atoms with E-state index in [1.54, 1.807) is 24.3 Å². The molecule has 0 aliphatic heterocycles. The van der Waals surface area contributed by atoms with Gasteiger partial charge in [0.2, 0.25) is 0 Å². The third-order valence-electron chi connectivity index (χ3n) is 4.68. The van der Waals surface area contributed by atoms with Crippen LogP contribution < -0.4 is 4.74 Å². The third-order valence-corrected chi connectivity index (χ3v) is 4.68. The monoisotopic (exact) mass is 319 g/mol. The molecule has 0 unspecified atom stereocenters. The molecule has 122 valence electrons. The van der Waals surface area contributed by atoms with Crippen LogP contribution in [-0.2, 0) is 0 Å². The number of ketones is 1. The van der Waals surface area contributed by atoms with Crippen LogP contribution in [0.4, 0.5) is 0 Å². The van der Waals surface area contributed by atoms with Crippen molar-refractivity contribution in [2.45, 2.75) is 38.0 Å². The largest absolute Gasteiger partial charge is 0.484 e. The van der Waals surface area contributed by atoms with Crippen molar-refractivity contribution in [3.63, 3.8) is 0 Å². The molecule has 2 aromatic rings. The second-order valence-electron chi connectivity index (χ2n) is 6.28. The predicted octanol–water partition coefficient (Wildman–Crippen LogP) is 4.87.